The SMILES string of the molecule is COc1ccc(-c2cc(-c3cccc(OCCN4CCCC4)c3)n(-c3ccccc3)n2)cc1. The summed E-state index contributed by atoms with van der Waals surface area (Å²) in [6.07, 6.45) is 2.60. The standard InChI is InChI=1S/C28H29N3O2/c1-32-25-14-12-22(13-15-25)27-21-28(31(29-27)24-9-3-2-4-10-24)23-8-7-11-26(20-23)33-19-18-30-16-5-6-17-30/h2-4,7-15,20-21H,5-6,16-19H2,1H3. The van der Waals surface area contributed by atoms with Crippen molar-refractivity contribution in [3.63, 3.8) is 0 Å². The quantitative estimate of drug-likeness (QED) is 0.354. The van der Waals surface area contributed by atoms with Gasteiger partial charge in [0.2, 0.25) is 0 Å². The number of aromatic nitrogens is 2. The van der Waals surface area contributed by atoms with Crippen LogP contribution in [0.2, 0.25) is 0 Å². The number of hydrogen-bond donors (Lipinski definition) is 0. The van der Waals surface area contributed by atoms with Gasteiger partial charge >= 0.3 is 0 Å². The predicted molar refractivity (Wildman–Crippen MR) is 132 cm³/mol. The van der Waals surface area contributed by atoms with E-state index in [-0.39, 0.29) is 0 Å². The Labute approximate surface area is 195 Å². The van der Waals surface area contributed by atoms with Gasteiger partial charge in [0.15, 0.2) is 0 Å². The van der Waals surface area contributed by atoms with Crippen molar-refractivity contribution >= 4 is 0 Å². The lowest BCUT2D eigenvalue weighted by Gasteiger charge is -2.15. The summed E-state index contributed by atoms with van der Waals surface area (Å²) in [7, 11) is 1.68. The maximum absolute atomic E-state index is 6.11. The fraction of sp³-hybridized carbons (Fsp3) is 0.250. The minimum Gasteiger partial charge on any atom is -0.497 e. The Balaban J connectivity index is 1.45. The monoisotopic (exact) mass is 439 g/mol. The van der Waals surface area contributed by atoms with E-state index < -0.39 is 0 Å². The lowest BCUT2D eigenvalue weighted by Crippen LogP contribution is -2.25. The zero-order valence-electron chi connectivity index (χ0n) is 19.0. The molecule has 0 radical (unpaired) electrons. The van der Waals surface area contributed by atoms with Gasteiger partial charge in [-0.1, -0.05) is 30.3 Å². The minimum absolute atomic E-state index is 0.707. The van der Waals surface area contributed by atoms with Crippen molar-refractivity contribution < 1.29 is 9.47 Å². The third kappa shape index (κ3) is 4.94. The van der Waals surface area contributed by atoms with E-state index in [0.717, 1.165) is 46.2 Å². The highest BCUT2D eigenvalue weighted by molar-refractivity contribution is 5.71. The first-order valence-corrected chi connectivity index (χ1v) is 11.6. The van der Waals surface area contributed by atoms with Crippen LogP contribution in [-0.2, 0) is 0 Å². The second-order valence-electron chi connectivity index (χ2n) is 8.32. The van der Waals surface area contributed by atoms with Crippen LogP contribution in [0.4, 0.5) is 0 Å². The van der Waals surface area contributed by atoms with Crippen molar-refractivity contribution in [1.29, 1.82) is 0 Å². The van der Waals surface area contributed by atoms with Crippen molar-refractivity contribution in [1.82, 2.24) is 14.7 Å². The van der Waals surface area contributed by atoms with Crippen molar-refractivity contribution in [2.24, 2.45) is 0 Å². The molecule has 0 unspecified atom stereocenters. The van der Waals surface area contributed by atoms with E-state index >= 15 is 0 Å². The van der Waals surface area contributed by atoms with E-state index in [9.17, 15) is 0 Å². The Morgan fingerprint density at radius 3 is 2.33 bits per heavy atom. The molecule has 33 heavy (non-hydrogen) atoms. The average molecular weight is 440 g/mol. The van der Waals surface area contributed by atoms with Crippen molar-refractivity contribution in [2.45, 2.75) is 12.8 Å². The van der Waals surface area contributed by atoms with Crippen molar-refractivity contribution in [3.8, 4) is 39.7 Å². The molecule has 0 saturated carbocycles. The molecule has 0 N–H and O–H groups in total. The zero-order chi connectivity index (χ0) is 22.5. The van der Waals surface area contributed by atoms with Crippen LogP contribution in [0.5, 0.6) is 11.5 Å². The molecule has 1 fully saturated rings. The van der Waals surface area contributed by atoms with Gasteiger partial charge < -0.3 is 9.47 Å². The first-order valence-electron chi connectivity index (χ1n) is 11.6. The first kappa shape index (κ1) is 21.3. The van der Waals surface area contributed by atoms with Crippen LogP contribution in [0.1, 0.15) is 12.8 Å². The fourth-order valence-corrected chi connectivity index (χ4v) is 4.30. The predicted octanol–water partition coefficient (Wildman–Crippen LogP) is 5.69. The smallest absolute Gasteiger partial charge is 0.120 e. The summed E-state index contributed by atoms with van der Waals surface area (Å²) in [5, 5.41) is 4.96. The summed E-state index contributed by atoms with van der Waals surface area (Å²) >= 11 is 0. The molecule has 5 rings (SSSR count). The van der Waals surface area contributed by atoms with E-state index in [0.29, 0.717) is 6.61 Å². The molecule has 0 spiro atoms. The van der Waals surface area contributed by atoms with Crippen LogP contribution in [0, 0.1) is 0 Å². The summed E-state index contributed by atoms with van der Waals surface area (Å²) in [5.41, 5.74) is 5.08. The summed E-state index contributed by atoms with van der Waals surface area (Å²) in [6, 6.07) is 28.7. The third-order valence-electron chi connectivity index (χ3n) is 6.10. The maximum atomic E-state index is 6.11. The van der Waals surface area contributed by atoms with E-state index in [2.05, 4.69) is 41.3 Å². The average Bonchev–Trinajstić information content (AvgIpc) is 3.55. The number of para-hydroxylation sites is 1. The molecule has 0 bridgehead atoms. The van der Waals surface area contributed by atoms with E-state index in [1.807, 2.05) is 53.2 Å². The van der Waals surface area contributed by atoms with Crippen molar-refractivity contribution in [3.05, 3.63) is 84.9 Å². The van der Waals surface area contributed by atoms with E-state index in [1.54, 1.807) is 7.11 Å². The van der Waals surface area contributed by atoms with E-state index in [1.165, 1.54) is 25.9 Å². The lowest BCUT2D eigenvalue weighted by molar-refractivity contribution is 0.238. The Morgan fingerprint density at radius 2 is 1.58 bits per heavy atom. The van der Waals surface area contributed by atoms with Gasteiger partial charge in [0.25, 0.3) is 0 Å². The molecular weight excluding hydrogens is 410 g/mol. The van der Waals surface area contributed by atoms with Gasteiger partial charge in [-0.25, -0.2) is 4.68 Å². The van der Waals surface area contributed by atoms with Gasteiger partial charge in [-0.3, -0.25) is 4.90 Å². The molecule has 2 heterocycles. The number of methoxy groups -OCH3 is 1. The van der Waals surface area contributed by atoms with E-state index in [4.69, 9.17) is 14.6 Å². The lowest BCUT2D eigenvalue weighted by atomic mass is 10.1. The molecule has 4 aromatic rings. The Kier molecular flexibility index (Phi) is 6.40. The van der Waals surface area contributed by atoms with Gasteiger partial charge in [-0.2, -0.15) is 5.10 Å². The van der Waals surface area contributed by atoms with Gasteiger partial charge in [0.05, 0.1) is 24.2 Å². The summed E-state index contributed by atoms with van der Waals surface area (Å²) in [5.74, 6) is 1.72. The molecule has 1 aliphatic rings. The molecule has 0 amide bonds. The van der Waals surface area contributed by atoms with Crippen LogP contribution in [0.15, 0.2) is 84.9 Å². The Hall–Kier alpha value is -3.57. The van der Waals surface area contributed by atoms with Crippen LogP contribution in [0.3, 0.4) is 0 Å². The summed E-state index contributed by atoms with van der Waals surface area (Å²) in [6.45, 7) is 4.06. The fourth-order valence-electron chi connectivity index (χ4n) is 4.30. The van der Waals surface area contributed by atoms with Gasteiger partial charge in [-0.15, -0.1) is 0 Å². The molecule has 0 aliphatic carbocycles. The molecule has 168 valence electrons. The van der Waals surface area contributed by atoms with Crippen LogP contribution in [-0.4, -0.2) is 48.0 Å². The molecule has 5 nitrogen and oxygen atoms in total. The van der Waals surface area contributed by atoms with Crippen LogP contribution < -0.4 is 9.47 Å². The number of rotatable bonds is 8. The highest BCUT2D eigenvalue weighted by Crippen LogP contribution is 2.31. The molecule has 1 saturated heterocycles. The number of likely N-dealkylation sites (tertiary alicyclic amines) is 1. The second kappa shape index (κ2) is 9.92. The normalized spacial score (nSPS) is 13.8. The number of ether oxygens (including phenoxy) is 2. The number of benzene rings is 3. The molecule has 5 heteroatoms. The zero-order valence-corrected chi connectivity index (χ0v) is 19.0. The highest BCUT2D eigenvalue weighted by Gasteiger charge is 2.15. The third-order valence-corrected chi connectivity index (χ3v) is 6.10. The molecule has 0 atom stereocenters. The number of hydrogen-bond acceptors (Lipinski definition) is 4. The van der Waals surface area contributed by atoms with Crippen LogP contribution in [0.25, 0.3) is 28.2 Å². The Morgan fingerprint density at radius 1 is 0.788 bits per heavy atom. The molecule has 1 aliphatic heterocycles. The topological polar surface area (TPSA) is 39.5 Å². The number of nitrogens with zero attached hydrogens (tertiary/aromatic N) is 3. The van der Waals surface area contributed by atoms with Gasteiger partial charge in [0, 0.05) is 17.7 Å². The first-order chi connectivity index (χ1) is 16.3. The van der Waals surface area contributed by atoms with Gasteiger partial charge in [-0.05, 0) is 80.5 Å². The molecule has 3 aromatic carbocycles. The highest BCUT2D eigenvalue weighted by atomic mass is 16.5. The molecule has 1 aromatic heterocycles. The Bertz CT molecular complexity index is 1180. The molecular formula is C28H29N3O2. The second-order valence-corrected chi connectivity index (χ2v) is 8.32. The van der Waals surface area contributed by atoms with Gasteiger partial charge in [0.1, 0.15) is 18.1 Å². The maximum Gasteiger partial charge on any atom is 0.120 e. The van der Waals surface area contributed by atoms with Crippen molar-refractivity contribution in [2.75, 3.05) is 33.4 Å². The summed E-state index contributed by atoms with van der Waals surface area (Å²) in [4.78, 5) is 2.47. The van der Waals surface area contributed by atoms with Crippen LogP contribution >= 0.6 is 0 Å². The summed E-state index contributed by atoms with van der Waals surface area (Å²) < 4.78 is 13.4. The largest absolute Gasteiger partial charge is 0.497 e. The minimum atomic E-state index is 0.707.